The fraction of sp³-hybridized carbons (Fsp3) is 0.421. The molecule has 0 heterocycles. The van der Waals surface area contributed by atoms with Crippen LogP contribution in [0.5, 0.6) is 0 Å². The topological polar surface area (TPSA) is 0 Å². The number of hydrogen-bond acceptors (Lipinski definition) is 0. The molecule has 2 rings (SSSR count). The molecule has 0 N–H and O–H groups in total. The van der Waals surface area contributed by atoms with Crippen molar-refractivity contribution in [3.63, 3.8) is 0 Å². The first-order chi connectivity index (χ1) is 12.8. The average molecular weight is 432 g/mol. The lowest BCUT2D eigenvalue weighted by molar-refractivity contribution is -0.325. The highest BCUT2D eigenvalue weighted by Crippen LogP contribution is 2.54. The molecule has 1 unspecified atom stereocenters. The summed E-state index contributed by atoms with van der Waals surface area (Å²) in [7, 11) is 0. The van der Waals surface area contributed by atoms with Crippen LogP contribution in [0.4, 0.5) is 35.1 Å². The van der Waals surface area contributed by atoms with Crippen molar-refractivity contribution >= 4 is 11.6 Å². The molecule has 1 aliphatic rings. The maximum atomic E-state index is 14.6. The molecule has 1 aliphatic carbocycles. The van der Waals surface area contributed by atoms with E-state index in [1.165, 1.54) is 12.1 Å². The molecule has 0 aromatic heterocycles. The van der Waals surface area contributed by atoms with Crippen LogP contribution in [0.25, 0.3) is 0 Å². The Morgan fingerprint density at radius 3 is 2.04 bits per heavy atom. The fourth-order valence-corrected chi connectivity index (χ4v) is 3.37. The van der Waals surface area contributed by atoms with Crippen LogP contribution in [0.2, 0.25) is 0 Å². The molecular weight excluding hydrogens is 416 g/mol. The van der Waals surface area contributed by atoms with Gasteiger partial charge < -0.3 is 0 Å². The number of benzene rings is 1. The third kappa shape index (κ3) is 4.07. The molecule has 1 aromatic rings. The second-order valence-corrected chi connectivity index (χ2v) is 7.09. The van der Waals surface area contributed by atoms with E-state index < -0.39 is 34.3 Å². The van der Waals surface area contributed by atoms with Crippen LogP contribution < -0.4 is 0 Å². The van der Waals surface area contributed by atoms with E-state index in [0.717, 1.165) is 18.6 Å². The highest BCUT2D eigenvalue weighted by molar-refractivity contribution is 6.27. The summed E-state index contributed by atoms with van der Waals surface area (Å²) in [6.45, 7) is 1.76. The standard InChI is InChI=1S/C19H16ClF8/c1-2-3-6-12-9-13(17(22,18(23,24)25)19(26,27)28)11-16(20,10-12)14-7-4-5-8-15(14)21/h4-5,7-11H,2-3,6H2,1H3. The lowest BCUT2D eigenvalue weighted by Gasteiger charge is -2.37. The number of halogens is 9. The number of rotatable bonds is 5. The Morgan fingerprint density at radius 1 is 0.964 bits per heavy atom. The van der Waals surface area contributed by atoms with E-state index >= 15 is 0 Å². The van der Waals surface area contributed by atoms with Crippen LogP contribution in [-0.2, 0) is 4.87 Å². The first-order valence-corrected chi connectivity index (χ1v) is 8.70. The lowest BCUT2D eigenvalue weighted by Crippen LogP contribution is -2.55. The molecular formula is C19H16ClF8. The summed E-state index contributed by atoms with van der Waals surface area (Å²) in [6, 6.07) is 4.69. The average Bonchev–Trinajstić information content (AvgIpc) is 2.57. The predicted molar refractivity (Wildman–Crippen MR) is 89.9 cm³/mol. The zero-order valence-electron chi connectivity index (χ0n) is 14.6. The largest absolute Gasteiger partial charge is 0.435 e. The Balaban J connectivity index is 2.72. The van der Waals surface area contributed by atoms with Gasteiger partial charge in [0.1, 0.15) is 5.82 Å². The van der Waals surface area contributed by atoms with Gasteiger partial charge in [-0.3, -0.25) is 0 Å². The molecule has 0 amide bonds. The van der Waals surface area contributed by atoms with Crippen LogP contribution in [0.15, 0.2) is 47.6 Å². The highest BCUT2D eigenvalue weighted by Gasteiger charge is 2.74. The molecule has 9 heteroatoms. The Labute approximate surface area is 161 Å². The van der Waals surface area contributed by atoms with Gasteiger partial charge in [0.05, 0.1) is 4.87 Å². The summed E-state index contributed by atoms with van der Waals surface area (Å²) in [5.74, 6) is -0.940. The van der Waals surface area contributed by atoms with Crippen molar-refractivity contribution in [1.29, 1.82) is 0 Å². The molecule has 0 fully saturated rings. The van der Waals surface area contributed by atoms with Crippen LogP contribution in [0, 0.1) is 12.2 Å². The van der Waals surface area contributed by atoms with Crippen LogP contribution in [0.3, 0.4) is 0 Å². The monoisotopic (exact) mass is 431 g/mol. The quantitative estimate of drug-likeness (QED) is 0.337. The van der Waals surface area contributed by atoms with Crippen molar-refractivity contribution in [3.8, 4) is 0 Å². The van der Waals surface area contributed by atoms with E-state index in [-0.39, 0.29) is 23.6 Å². The van der Waals surface area contributed by atoms with Crippen molar-refractivity contribution in [2.75, 3.05) is 0 Å². The Hall–Kier alpha value is -1.57. The van der Waals surface area contributed by atoms with Gasteiger partial charge in [-0.15, -0.1) is 11.6 Å². The molecule has 0 spiro atoms. The van der Waals surface area contributed by atoms with Gasteiger partial charge in [0, 0.05) is 17.6 Å². The highest BCUT2D eigenvalue weighted by atomic mass is 35.5. The molecule has 1 atom stereocenters. The first kappa shape index (κ1) is 22.7. The zero-order chi connectivity index (χ0) is 21.4. The molecule has 0 nitrogen and oxygen atoms in total. The van der Waals surface area contributed by atoms with Gasteiger partial charge in [-0.1, -0.05) is 49.3 Å². The molecule has 0 aliphatic heterocycles. The van der Waals surface area contributed by atoms with Gasteiger partial charge >= 0.3 is 18.0 Å². The van der Waals surface area contributed by atoms with E-state index in [0.29, 0.717) is 18.9 Å². The van der Waals surface area contributed by atoms with Crippen molar-refractivity contribution in [1.82, 2.24) is 0 Å². The summed E-state index contributed by atoms with van der Waals surface area (Å²) in [5.41, 5.74) is -7.76. The predicted octanol–water partition coefficient (Wildman–Crippen LogP) is 7.35. The van der Waals surface area contributed by atoms with Crippen molar-refractivity contribution in [2.45, 2.75) is 49.1 Å². The summed E-state index contributed by atoms with van der Waals surface area (Å²) in [5, 5.41) is 0. The fourth-order valence-electron chi connectivity index (χ4n) is 2.96. The molecule has 0 bridgehead atoms. The minimum absolute atomic E-state index is 0.0341. The van der Waals surface area contributed by atoms with Gasteiger partial charge in [0.25, 0.3) is 0 Å². The second-order valence-electron chi connectivity index (χ2n) is 6.47. The maximum Gasteiger partial charge on any atom is 0.435 e. The van der Waals surface area contributed by atoms with Crippen LogP contribution >= 0.6 is 11.6 Å². The van der Waals surface area contributed by atoms with Crippen molar-refractivity contribution < 1.29 is 35.1 Å². The van der Waals surface area contributed by atoms with Gasteiger partial charge in [-0.05, 0) is 18.9 Å². The number of unbranched alkanes of at least 4 members (excludes halogenated alkanes) is 1. The first-order valence-electron chi connectivity index (χ1n) is 8.32. The van der Waals surface area contributed by atoms with Gasteiger partial charge in [-0.2, -0.15) is 26.3 Å². The normalized spacial score (nSPS) is 21.4. The van der Waals surface area contributed by atoms with Gasteiger partial charge in [0.2, 0.25) is 0 Å². The molecule has 1 radical (unpaired) electrons. The van der Waals surface area contributed by atoms with Crippen LogP contribution in [-0.4, -0.2) is 18.0 Å². The van der Waals surface area contributed by atoms with Crippen molar-refractivity contribution in [2.24, 2.45) is 0 Å². The van der Waals surface area contributed by atoms with Crippen molar-refractivity contribution in [3.05, 3.63) is 65.4 Å². The minimum Gasteiger partial charge on any atom is -0.218 e. The van der Waals surface area contributed by atoms with E-state index in [2.05, 4.69) is 0 Å². The third-order valence-electron chi connectivity index (χ3n) is 4.39. The Kier molecular flexibility index (Phi) is 6.24. The molecule has 0 saturated heterocycles. The second kappa shape index (κ2) is 7.69. The number of alkyl halides is 8. The molecule has 155 valence electrons. The van der Waals surface area contributed by atoms with E-state index in [1.807, 2.05) is 0 Å². The minimum atomic E-state index is -6.28. The van der Waals surface area contributed by atoms with E-state index in [4.69, 9.17) is 11.6 Å². The third-order valence-corrected chi connectivity index (χ3v) is 4.81. The lowest BCUT2D eigenvalue weighted by atomic mass is 9.78. The van der Waals surface area contributed by atoms with E-state index in [1.54, 1.807) is 6.92 Å². The van der Waals surface area contributed by atoms with Gasteiger partial charge in [-0.25, -0.2) is 8.78 Å². The maximum absolute atomic E-state index is 14.6. The molecule has 28 heavy (non-hydrogen) atoms. The number of allylic oxidation sites excluding steroid dienone is 4. The SMILES string of the molecule is CCCCC1=CC(C(F)(C(F)(F)F)C(F)(F)F)=CC(Cl)(c2ccccc2F)[CH]1. The Morgan fingerprint density at radius 2 is 1.54 bits per heavy atom. The van der Waals surface area contributed by atoms with Gasteiger partial charge in [0.15, 0.2) is 0 Å². The molecule has 1 aromatic carbocycles. The van der Waals surface area contributed by atoms with E-state index in [9.17, 15) is 35.1 Å². The summed E-state index contributed by atoms with van der Waals surface area (Å²) < 4.78 is 108. The summed E-state index contributed by atoms with van der Waals surface area (Å²) in [4.78, 5) is -2.20. The zero-order valence-corrected chi connectivity index (χ0v) is 15.3. The van der Waals surface area contributed by atoms with Crippen LogP contribution in [0.1, 0.15) is 31.7 Å². The number of hydrogen-bond donors (Lipinski definition) is 0. The summed E-state index contributed by atoms with van der Waals surface area (Å²) >= 11 is 6.27. The summed E-state index contributed by atoms with van der Waals surface area (Å²) in [6.07, 6.45) is -9.58. The smallest absolute Gasteiger partial charge is 0.218 e. The molecule has 0 saturated carbocycles. The Bertz CT molecular complexity index is 761.